The highest BCUT2D eigenvalue weighted by Crippen LogP contribution is 2.27. The Labute approximate surface area is 115 Å². The molecule has 20 heavy (non-hydrogen) atoms. The van der Waals surface area contributed by atoms with Crippen LogP contribution in [-0.2, 0) is 6.61 Å². The summed E-state index contributed by atoms with van der Waals surface area (Å²) in [6.07, 6.45) is 0. The van der Waals surface area contributed by atoms with Gasteiger partial charge in [-0.1, -0.05) is 12.1 Å². The van der Waals surface area contributed by atoms with E-state index in [0.29, 0.717) is 22.8 Å². The lowest BCUT2D eigenvalue weighted by Crippen LogP contribution is -1.96. The Kier molecular flexibility index (Phi) is 3.29. The van der Waals surface area contributed by atoms with Crippen LogP contribution >= 0.6 is 0 Å². The second-order valence-corrected chi connectivity index (χ2v) is 4.33. The molecule has 102 valence electrons. The third-order valence-corrected chi connectivity index (χ3v) is 2.97. The first-order valence-electron chi connectivity index (χ1n) is 6.20. The van der Waals surface area contributed by atoms with Crippen LogP contribution in [0.4, 0.5) is 4.39 Å². The van der Waals surface area contributed by atoms with Crippen LogP contribution in [0.15, 0.2) is 52.9 Å². The molecule has 0 saturated carbocycles. The second-order valence-electron chi connectivity index (χ2n) is 4.33. The van der Waals surface area contributed by atoms with Crippen molar-refractivity contribution in [3.8, 4) is 11.5 Å². The first-order valence-corrected chi connectivity index (χ1v) is 6.20. The number of fused-ring (bicyclic) bond motifs is 1. The van der Waals surface area contributed by atoms with Crippen molar-refractivity contribution in [2.24, 2.45) is 0 Å². The van der Waals surface area contributed by atoms with Gasteiger partial charge in [-0.15, -0.1) is 0 Å². The van der Waals surface area contributed by atoms with Crippen LogP contribution in [0.2, 0.25) is 0 Å². The normalized spacial score (nSPS) is 10.7. The summed E-state index contributed by atoms with van der Waals surface area (Å²) in [6, 6.07) is 13.7. The van der Waals surface area contributed by atoms with Crippen molar-refractivity contribution in [2.45, 2.75) is 6.61 Å². The molecule has 1 heterocycles. The molecule has 3 nitrogen and oxygen atoms in total. The minimum atomic E-state index is -0.316. The van der Waals surface area contributed by atoms with Crippen molar-refractivity contribution < 1.29 is 18.3 Å². The van der Waals surface area contributed by atoms with E-state index in [1.807, 2.05) is 30.3 Å². The Bertz CT molecular complexity index is 733. The van der Waals surface area contributed by atoms with E-state index in [4.69, 9.17) is 13.9 Å². The van der Waals surface area contributed by atoms with Gasteiger partial charge in [0.2, 0.25) is 0 Å². The molecular formula is C16H13FO3. The van der Waals surface area contributed by atoms with Gasteiger partial charge in [-0.25, -0.2) is 4.39 Å². The number of para-hydroxylation sites is 2. The van der Waals surface area contributed by atoms with Crippen molar-refractivity contribution in [1.82, 2.24) is 0 Å². The molecule has 0 atom stereocenters. The van der Waals surface area contributed by atoms with Gasteiger partial charge in [0.05, 0.1) is 7.11 Å². The highest BCUT2D eigenvalue weighted by atomic mass is 19.1. The van der Waals surface area contributed by atoms with Crippen molar-refractivity contribution >= 4 is 11.0 Å². The van der Waals surface area contributed by atoms with E-state index in [1.54, 1.807) is 13.2 Å². The van der Waals surface area contributed by atoms with E-state index < -0.39 is 0 Å². The third kappa shape index (κ3) is 2.45. The molecule has 0 aliphatic heterocycles. The molecule has 2 aromatic carbocycles. The maximum atomic E-state index is 13.1. The molecular weight excluding hydrogens is 259 g/mol. The first-order chi connectivity index (χ1) is 9.76. The summed E-state index contributed by atoms with van der Waals surface area (Å²) >= 11 is 0. The highest BCUT2D eigenvalue weighted by Gasteiger charge is 2.07. The molecule has 1 aromatic heterocycles. The van der Waals surface area contributed by atoms with E-state index in [-0.39, 0.29) is 12.4 Å². The Morgan fingerprint density at radius 3 is 2.65 bits per heavy atom. The van der Waals surface area contributed by atoms with Crippen LogP contribution in [0.1, 0.15) is 5.76 Å². The van der Waals surface area contributed by atoms with Gasteiger partial charge in [0, 0.05) is 11.5 Å². The van der Waals surface area contributed by atoms with Crippen LogP contribution in [0.5, 0.6) is 11.5 Å². The van der Waals surface area contributed by atoms with Crippen LogP contribution in [0.3, 0.4) is 0 Å². The van der Waals surface area contributed by atoms with Crippen LogP contribution in [-0.4, -0.2) is 7.11 Å². The molecule has 0 saturated heterocycles. The average molecular weight is 272 g/mol. The van der Waals surface area contributed by atoms with E-state index in [0.717, 1.165) is 5.39 Å². The third-order valence-electron chi connectivity index (χ3n) is 2.97. The van der Waals surface area contributed by atoms with Gasteiger partial charge in [-0.05, 0) is 30.3 Å². The summed E-state index contributed by atoms with van der Waals surface area (Å²) in [5.74, 6) is 1.62. The zero-order chi connectivity index (χ0) is 13.9. The summed E-state index contributed by atoms with van der Waals surface area (Å²) in [7, 11) is 1.59. The smallest absolute Gasteiger partial charge is 0.161 e. The highest BCUT2D eigenvalue weighted by molar-refractivity contribution is 5.77. The van der Waals surface area contributed by atoms with Crippen LogP contribution in [0, 0.1) is 5.82 Å². The van der Waals surface area contributed by atoms with Gasteiger partial charge in [-0.2, -0.15) is 0 Å². The summed E-state index contributed by atoms with van der Waals surface area (Å²) in [6.45, 7) is 0.261. The van der Waals surface area contributed by atoms with Gasteiger partial charge >= 0.3 is 0 Å². The lowest BCUT2D eigenvalue weighted by Gasteiger charge is -2.08. The number of hydrogen-bond acceptors (Lipinski definition) is 3. The summed E-state index contributed by atoms with van der Waals surface area (Å²) in [4.78, 5) is 0. The zero-order valence-corrected chi connectivity index (χ0v) is 10.9. The lowest BCUT2D eigenvalue weighted by atomic mass is 10.2. The number of furan rings is 1. The van der Waals surface area contributed by atoms with Gasteiger partial charge in [0.25, 0.3) is 0 Å². The number of halogens is 1. The molecule has 4 heteroatoms. The van der Waals surface area contributed by atoms with Crippen molar-refractivity contribution in [3.63, 3.8) is 0 Å². The number of benzene rings is 2. The number of hydrogen-bond donors (Lipinski definition) is 0. The molecule has 0 bridgehead atoms. The maximum Gasteiger partial charge on any atom is 0.161 e. The second kappa shape index (κ2) is 5.25. The molecule has 0 fully saturated rings. The molecule has 3 rings (SSSR count). The van der Waals surface area contributed by atoms with Gasteiger partial charge in [0.1, 0.15) is 23.8 Å². The monoisotopic (exact) mass is 272 g/mol. The number of rotatable bonds is 4. The zero-order valence-electron chi connectivity index (χ0n) is 10.9. The minimum Gasteiger partial charge on any atom is -0.493 e. The SMILES string of the molecule is COc1ccccc1OCc1cc2ccc(F)cc2o1. The van der Waals surface area contributed by atoms with Crippen molar-refractivity contribution in [3.05, 3.63) is 60.1 Å². The maximum absolute atomic E-state index is 13.1. The largest absolute Gasteiger partial charge is 0.493 e. The summed E-state index contributed by atoms with van der Waals surface area (Å²) in [5.41, 5.74) is 0.517. The fraction of sp³-hybridized carbons (Fsp3) is 0.125. The van der Waals surface area contributed by atoms with E-state index in [2.05, 4.69) is 0 Å². The number of ether oxygens (including phenoxy) is 2. The van der Waals surface area contributed by atoms with E-state index in [9.17, 15) is 4.39 Å². The quantitative estimate of drug-likeness (QED) is 0.714. The fourth-order valence-corrected chi connectivity index (χ4v) is 2.02. The molecule has 0 spiro atoms. The van der Waals surface area contributed by atoms with E-state index >= 15 is 0 Å². The predicted molar refractivity (Wildman–Crippen MR) is 73.5 cm³/mol. The molecule has 0 amide bonds. The predicted octanol–water partition coefficient (Wildman–Crippen LogP) is 4.16. The molecule has 0 radical (unpaired) electrons. The minimum absolute atomic E-state index is 0.261. The van der Waals surface area contributed by atoms with Crippen LogP contribution < -0.4 is 9.47 Å². The Morgan fingerprint density at radius 2 is 1.85 bits per heavy atom. The van der Waals surface area contributed by atoms with Gasteiger partial charge in [0.15, 0.2) is 11.5 Å². The summed E-state index contributed by atoms with van der Waals surface area (Å²) in [5, 5.41) is 0.852. The van der Waals surface area contributed by atoms with Crippen molar-refractivity contribution in [1.29, 1.82) is 0 Å². The Morgan fingerprint density at radius 1 is 1.05 bits per heavy atom. The summed E-state index contributed by atoms with van der Waals surface area (Å²) < 4.78 is 29.5. The topological polar surface area (TPSA) is 31.6 Å². The Balaban J connectivity index is 1.79. The standard InChI is InChI=1S/C16H13FO3/c1-18-14-4-2-3-5-15(14)19-10-13-8-11-6-7-12(17)9-16(11)20-13/h2-9H,10H2,1H3. The molecule has 0 aliphatic carbocycles. The molecule has 3 aromatic rings. The van der Waals surface area contributed by atoms with Crippen molar-refractivity contribution in [2.75, 3.05) is 7.11 Å². The molecule has 0 N–H and O–H groups in total. The number of methoxy groups -OCH3 is 1. The van der Waals surface area contributed by atoms with Gasteiger partial charge in [-0.3, -0.25) is 0 Å². The van der Waals surface area contributed by atoms with E-state index in [1.165, 1.54) is 12.1 Å². The lowest BCUT2D eigenvalue weighted by molar-refractivity contribution is 0.259. The fourth-order valence-electron chi connectivity index (χ4n) is 2.02. The Hall–Kier alpha value is -2.49. The van der Waals surface area contributed by atoms with Crippen LogP contribution in [0.25, 0.3) is 11.0 Å². The first kappa shape index (κ1) is 12.5. The molecule has 0 unspecified atom stereocenters. The average Bonchev–Trinajstić information content (AvgIpc) is 2.87. The van der Waals surface area contributed by atoms with Gasteiger partial charge < -0.3 is 13.9 Å². The molecule has 0 aliphatic rings.